The first-order valence-electron chi connectivity index (χ1n) is 10.7. The number of thiazole rings is 1. The Morgan fingerprint density at radius 3 is 2.97 bits per heavy atom. The van der Waals surface area contributed by atoms with E-state index in [0.29, 0.717) is 23.0 Å². The van der Waals surface area contributed by atoms with Gasteiger partial charge in [0, 0.05) is 29.7 Å². The summed E-state index contributed by atoms with van der Waals surface area (Å²) in [6, 6.07) is 13.1. The number of hydrogen-bond acceptors (Lipinski definition) is 6. The number of hydrogen-bond donors (Lipinski definition) is 1. The normalized spacial score (nSPS) is 17.5. The zero-order valence-electron chi connectivity index (χ0n) is 17.8. The predicted octanol–water partition coefficient (Wildman–Crippen LogP) is 4.15. The first-order valence-corrected chi connectivity index (χ1v) is 12.0. The van der Waals surface area contributed by atoms with Gasteiger partial charge in [0.25, 0.3) is 5.91 Å². The van der Waals surface area contributed by atoms with Crippen LogP contribution in [0.5, 0.6) is 5.75 Å². The van der Waals surface area contributed by atoms with E-state index < -0.39 is 0 Å². The van der Waals surface area contributed by atoms with Crippen molar-refractivity contribution in [2.24, 2.45) is 0 Å². The van der Waals surface area contributed by atoms with Crippen molar-refractivity contribution >= 4 is 40.4 Å². The molecular weight excluding hydrogens is 462 g/mol. The fraction of sp³-hybridized carbons (Fsp3) is 0.292. The minimum Gasteiger partial charge on any atom is -0.482 e. The molecule has 9 heteroatoms. The Labute approximate surface area is 200 Å². The molecule has 3 heterocycles. The molecule has 170 valence electrons. The molecule has 1 saturated heterocycles. The maximum Gasteiger partial charge on any atom is 0.265 e. The van der Waals surface area contributed by atoms with Gasteiger partial charge in [0.15, 0.2) is 6.61 Å². The van der Waals surface area contributed by atoms with E-state index in [1.807, 2.05) is 47.8 Å². The molecule has 0 aliphatic carbocycles. The standard InChI is InChI=1S/C24H22ClN3O4S/c25-18-6-2-1-5-17(18)24-27-19(14-33-24)15-7-8-21-20(10-15)28(23(30)13-32-21)12-22(29)26-11-16-4-3-9-31-16/h1-2,5-8,10,14,16H,3-4,9,11-13H2,(H,26,29). The SMILES string of the molecule is O=C(CN1C(=O)COc2ccc(-c3csc(-c4ccccc4Cl)n3)cc21)NCC1CCCO1. The van der Waals surface area contributed by atoms with E-state index in [9.17, 15) is 9.59 Å². The average molecular weight is 484 g/mol. The molecular formula is C24H22ClN3O4S. The number of amides is 2. The third-order valence-corrected chi connectivity index (χ3v) is 6.86. The lowest BCUT2D eigenvalue weighted by Gasteiger charge is -2.29. The number of carbonyl (C=O) groups is 2. The topological polar surface area (TPSA) is 80.8 Å². The van der Waals surface area contributed by atoms with Crippen LogP contribution in [0.4, 0.5) is 5.69 Å². The summed E-state index contributed by atoms with van der Waals surface area (Å²) in [6.45, 7) is 1.01. The summed E-state index contributed by atoms with van der Waals surface area (Å²) >= 11 is 7.82. The van der Waals surface area contributed by atoms with Gasteiger partial charge in [0.05, 0.1) is 22.5 Å². The number of fused-ring (bicyclic) bond motifs is 1. The minimum atomic E-state index is -0.262. The van der Waals surface area contributed by atoms with Crippen molar-refractivity contribution in [1.82, 2.24) is 10.3 Å². The van der Waals surface area contributed by atoms with Crippen LogP contribution in [0.25, 0.3) is 21.8 Å². The molecule has 1 aromatic heterocycles. The number of rotatable bonds is 6. The largest absolute Gasteiger partial charge is 0.482 e. The Hall–Kier alpha value is -2.94. The van der Waals surface area contributed by atoms with Crippen LogP contribution in [0, 0.1) is 0 Å². The van der Waals surface area contributed by atoms with Gasteiger partial charge < -0.3 is 14.8 Å². The Bertz CT molecular complexity index is 1190. The van der Waals surface area contributed by atoms with E-state index in [-0.39, 0.29) is 31.1 Å². The van der Waals surface area contributed by atoms with Gasteiger partial charge >= 0.3 is 0 Å². The van der Waals surface area contributed by atoms with Crippen LogP contribution < -0.4 is 15.0 Å². The number of carbonyl (C=O) groups excluding carboxylic acids is 2. The zero-order chi connectivity index (χ0) is 22.8. The van der Waals surface area contributed by atoms with Gasteiger partial charge in [-0.3, -0.25) is 14.5 Å². The highest BCUT2D eigenvalue weighted by Crippen LogP contribution is 2.38. The molecule has 33 heavy (non-hydrogen) atoms. The lowest BCUT2D eigenvalue weighted by atomic mass is 10.1. The highest BCUT2D eigenvalue weighted by Gasteiger charge is 2.28. The van der Waals surface area contributed by atoms with Gasteiger partial charge in [-0.1, -0.05) is 29.8 Å². The molecule has 1 N–H and O–H groups in total. The summed E-state index contributed by atoms with van der Waals surface area (Å²) in [7, 11) is 0. The number of halogens is 1. The average Bonchev–Trinajstić information content (AvgIpc) is 3.52. The summed E-state index contributed by atoms with van der Waals surface area (Å²) in [5.41, 5.74) is 3.02. The molecule has 2 aliphatic rings. The summed E-state index contributed by atoms with van der Waals surface area (Å²) < 4.78 is 11.1. The first kappa shape index (κ1) is 21.9. The molecule has 1 atom stereocenters. The fourth-order valence-electron chi connectivity index (χ4n) is 3.93. The molecule has 0 saturated carbocycles. The van der Waals surface area contributed by atoms with Gasteiger partial charge in [-0.2, -0.15) is 0 Å². The molecule has 2 amide bonds. The van der Waals surface area contributed by atoms with Crippen molar-refractivity contribution < 1.29 is 19.1 Å². The van der Waals surface area contributed by atoms with Crippen LogP contribution in [0.1, 0.15) is 12.8 Å². The number of anilines is 1. The summed E-state index contributed by atoms with van der Waals surface area (Å²) in [4.78, 5) is 31.3. The van der Waals surface area contributed by atoms with E-state index in [1.165, 1.54) is 16.2 Å². The number of nitrogens with one attached hydrogen (secondary N) is 1. The lowest BCUT2D eigenvalue weighted by molar-refractivity contribution is -0.125. The second-order valence-corrected chi connectivity index (χ2v) is 9.17. The Morgan fingerprint density at radius 2 is 2.15 bits per heavy atom. The van der Waals surface area contributed by atoms with Gasteiger partial charge in [0.1, 0.15) is 17.3 Å². The molecule has 2 aliphatic heterocycles. The van der Waals surface area contributed by atoms with Crippen molar-refractivity contribution in [2.45, 2.75) is 18.9 Å². The predicted molar refractivity (Wildman–Crippen MR) is 128 cm³/mol. The van der Waals surface area contributed by atoms with Gasteiger partial charge in [-0.15, -0.1) is 11.3 Å². The van der Waals surface area contributed by atoms with E-state index in [1.54, 1.807) is 0 Å². The molecule has 2 aromatic carbocycles. The van der Waals surface area contributed by atoms with Crippen LogP contribution in [0.2, 0.25) is 5.02 Å². The smallest absolute Gasteiger partial charge is 0.265 e. The number of benzene rings is 2. The van der Waals surface area contributed by atoms with Crippen molar-refractivity contribution in [3.8, 4) is 27.6 Å². The zero-order valence-corrected chi connectivity index (χ0v) is 19.3. The van der Waals surface area contributed by atoms with E-state index >= 15 is 0 Å². The van der Waals surface area contributed by atoms with Crippen molar-refractivity contribution in [2.75, 3.05) is 31.2 Å². The van der Waals surface area contributed by atoms with E-state index in [2.05, 4.69) is 5.32 Å². The van der Waals surface area contributed by atoms with Crippen molar-refractivity contribution in [3.63, 3.8) is 0 Å². The lowest BCUT2D eigenvalue weighted by Crippen LogP contribution is -2.46. The summed E-state index contributed by atoms with van der Waals surface area (Å²) in [5, 5.41) is 6.28. The minimum absolute atomic E-state index is 0.0465. The maximum absolute atomic E-state index is 12.6. The second kappa shape index (κ2) is 9.51. The first-order chi connectivity index (χ1) is 16.1. The molecule has 0 spiro atoms. The van der Waals surface area contributed by atoms with Gasteiger partial charge in [-0.25, -0.2) is 4.98 Å². The Morgan fingerprint density at radius 1 is 1.27 bits per heavy atom. The highest BCUT2D eigenvalue weighted by molar-refractivity contribution is 7.13. The Kier molecular flexibility index (Phi) is 6.30. The third kappa shape index (κ3) is 4.73. The monoisotopic (exact) mass is 483 g/mol. The third-order valence-electron chi connectivity index (χ3n) is 5.66. The van der Waals surface area contributed by atoms with Crippen LogP contribution in [0.15, 0.2) is 47.8 Å². The molecule has 1 fully saturated rings. The number of aromatic nitrogens is 1. The number of nitrogens with zero attached hydrogens (tertiary/aromatic N) is 2. The maximum atomic E-state index is 12.6. The van der Waals surface area contributed by atoms with Crippen molar-refractivity contribution in [1.29, 1.82) is 0 Å². The fourth-order valence-corrected chi connectivity index (χ4v) is 5.08. The quantitative estimate of drug-likeness (QED) is 0.569. The molecule has 3 aromatic rings. The second-order valence-electron chi connectivity index (χ2n) is 7.91. The van der Waals surface area contributed by atoms with Gasteiger partial charge in [-0.05, 0) is 37.1 Å². The molecule has 1 unspecified atom stereocenters. The van der Waals surface area contributed by atoms with Crippen LogP contribution >= 0.6 is 22.9 Å². The molecule has 0 bridgehead atoms. The summed E-state index contributed by atoms with van der Waals surface area (Å²) in [5.74, 6) is 0.0700. The highest BCUT2D eigenvalue weighted by atomic mass is 35.5. The molecule has 5 rings (SSSR count). The Balaban J connectivity index is 1.36. The summed E-state index contributed by atoms with van der Waals surface area (Å²) in [6.07, 6.45) is 1.99. The number of ether oxygens (including phenoxy) is 2. The van der Waals surface area contributed by atoms with Crippen LogP contribution in [-0.4, -0.2) is 49.2 Å². The van der Waals surface area contributed by atoms with Crippen LogP contribution in [-0.2, 0) is 14.3 Å². The molecule has 0 radical (unpaired) electrons. The van der Waals surface area contributed by atoms with Crippen LogP contribution in [0.3, 0.4) is 0 Å². The van der Waals surface area contributed by atoms with E-state index in [4.69, 9.17) is 26.1 Å². The van der Waals surface area contributed by atoms with Gasteiger partial charge in [0.2, 0.25) is 5.91 Å². The van der Waals surface area contributed by atoms with Crippen molar-refractivity contribution in [3.05, 3.63) is 52.9 Å². The molecule has 7 nitrogen and oxygen atoms in total. The van der Waals surface area contributed by atoms with E-state index in [0.717, 1.165) is 41.3 Å².